The number of anilines is 1. The molecule has 0 radical (unpaired) electrons. The van der Waals surface area contributed by atoms with Crippen LogP contribution >= 0.6 is 7.53 Å². The van der Waals surface area contributed by atoms with Gasteiger partial charge < -0.3 is 4.74 Å². The maximum Gasteiger partial charge on any atom is 0.318 e. The molecular formula is C20H19N6OP. The van der Waals surface area contributed by atoms with Crippen LogP contribution in [-0.2, 0) is 6.42 Å². The van der Waals surface area contributed by atoms with E-state index in [1.54, 1.807) is 12.5 Å². The number of hydrogen-bond acceptors (Lipinski definition) is 7. The average molecular weight is 390 g/mol. The zero-order chi connectivity index (χ0) is 19.6. The monoisotopic (exact) mass is 390 g/mol. The second kappa shape index (κ2) is 10.0. The van der Waals surface area contributed by atoms with Gasteiger partial charge in [-0.2, -0.15) is 10.2 Å². The summed E-state index contributed by atoms with van der Waals surface area (Å²) in [5.41, 5.74) is 4.53. The number of ether oxygens (including phenoxy) is 1. The Labute approximate surface area is 164 Å². The van der Waals surface area contributed by atoms with E-state index in [0.717, 1.165) is 5.69 Å². The lowest BCUT2D eigenvalue weighted by atomic mass is 10.3. The number of aromatic nitrogens is 3. The topological polar surface area (TPSA) is 87.3 Å². The molecule has 1 aliphatic rings. The average Bonchev–Trinajstić information content (AvgIpc) is 2.86. The Morgan fingerprint density at radius 3 is 3.00 bits per heavy atom. The zero-order valence-corrected chi connectivity index (χ0v) is 16.3. The molecule has 0 amide bonds. The van der Waals surface area contributed by atoms with Crippen molar-refractivity contribution in [3.8, 4) is 17.7 Å². The van der Waals surface area contributed by atoms with Gasteiger partial charge in [-0.3, -0.25) is 14.6 Å². The largest absolute Gasteiger partial charge is 0.463 e. The van der Waals surface area contributed by atoms with Crippen LogP contribution in [0.1, 0.15) is 18.2 Å². The van der Waals surface area contributed by atoms with Crippen molar-refractivity contribution in [2.45, 2.75) is 13.3 Å². The molecule has 0 saturated heterocycles. The summed E-state index contributed by atoms with van der Waals surface area (Å²) in [5, 5.41) is 9.51. The molecule has 1 aliphatic heterocycles. The quantitative estimate of drug-likeness (QED) is 0.724. The van der Waals surface area contributed by atoms with Crippen molar-refractivity contribution >= 4 is 19.7 Å². The summed E-state index contributed by atoms with van der Waals surface area (Å²) in [5.74, 6) is 2.48. The van der Waals surface area contributed by atoms with Crippen LogP contribution < -0.4 is 9.41 Å². The van der Waals surface area contributed by atoms with Gasteiger partial charge >= 0.3 is 6.01 Å². The summed E-state index contributed by atoms with van der Waals surface area (Å²) in [6, 6.07) is 8.11. The van der Waals surface area contributed by atoms with Crippen LogP contribution in [0.4, 0.5) is 5.82 Å². The molecule has 3 heterocycles. The lowest BCUT2D eigenvalue weighted by Gasteiger charge is -2.19. The molecule has 0 spiro atoms. The lowest BCUT2D eigenvalue weighted by Crippen LogP contribution is -2.15. The molecule has 0 aliphatic carbocycles. The summed E-state index contributed by atoms with van der Waals surface area (Å²) < 4.78 is 7.56. The Hall–Kier alpha value is -3.45. The number of nitriles is 1. The molecule has 2 aromatic rings. The molecule has 2 aromatic heterocycles. The van der Waals surface area contributed by atoms with Gasteiger partial charge in [0.2, 0.25) is 0 Å². The van der Waals surface area contributed by atoms with E-state index in [2.05, 4.69) is 31.6 Å². The fourth-order valence-corrected chi connectivity index (χ4v) is 3.71. The van der Waals surface area contributed by atoms with Crippen molar-refractivity contribution in [3.63, 3.8) is 0 Å². The number of allylic oxidation sites excluding steroid dienone is 2. The third-order valence-electron chi connectivity index (χ3n) is 3.74. The van der Waals surface area contributed by atoms with Crippen LogP contribution in [0.25, 0.3) is 0 Å². The van der Waals surface area contributed by atoms with Crippen molar-refractivity contribution in [2.75, 3.05) is 17.8 Å². The first kappa shape index (κ1) is 19.3. The van der Waals surface area contributed by atoms with Crippen molar-refractivity contribution in [2.24, 2.45) is 4.99 Å². The van der Waals surface area contributed by atoms with Crippen LogP contribution in [0, 0.1) is 17.0 Å². The molecule has 1 atom stereocenters. The molecule has 3 rings (SSSR count). The second-order valence-electron chi connectivity index (χ2n) is 5.58. The molecule has 0 saturated carbocycles. The van der Waals surface area contributed by atoms with E-state index in [-0.39, 0.29) is 6.01 Å². The third-order valence-corrected chi connectivity index (χ3v) is 5.41. The molecule has 8 heteroatoms. The van der Waals surface area contributed by atoms with E-state index in [1.807, 2.05) is 53.8 Å². The Morgan fingerprint density at radius 1 is 1.29 bits per heavy atom. The summed E-state index contributed by atoms with van der Waals surface area (Å²) in [4.78, 5) is 17.3. The maximum atomic E-state index is 9.51. The van der Waals surface area contributed by atoms with Crippen molar-refractivity contribution in [1.82, 2.24) is 15.0 Å². The number of aliphatic imine (C=N–C) groups is 1. The van der Waals surface area contributed by atoms with E-state index in [4.69, 9.17) is 4.74 Å². The summed E-state index contributed by atoms with van der Waals surface area (Å²) in [6.45, 7) is 2.80. The Morgan fingerprint density at radius 2 is 2.21 bits per heavy atom. The van der Waals surface area contributed by atoms with Gasteiger partial charge in [0, 0.05) is 25.8 Å². The van der Waals surface area contributed by atoms with Gasteiger partial charge in [0.25, 0.3) is 0 Å². The lowest BCUT2D eigenvalue weighted by molar-refractivity contribution is 0.295. The molecule has 28 heavy (non-hydrogen) atoms. The summed E-state index contributed by atoms with van der Waals surface area (Å²) in [6.07, 6.45) is 11.4. The van der Waals surface area contributed by atoms with E-state index in [9.17, 15) is 5.26 Å². The minimum absolute atomic E-state index is 0.214. The smallest absolute Gasteiger partial charge is 0.318 e. The fraction of sp³-hybridized carbons (Fsp3) is 0.200. The molecular weight excluding hydrogens is 371 g/mol. The fourth-order valence-electron chi connectivity index (χ4n) is 2.40. The van der Waals surface area contributed by atoms with Gasteiger partial charge in [0.1, 0.15) is 11.6 Å². The van der Waals surface area contributed by atoms with Crippen LogP contribution in [-0.4, -0.2) is 34.4 Å². The van der Waals surface area contributed by atoms with Gasteiger partial charge in [0.15, 0.2) is 5.82 Å². The highest BCUT2D eigenvalue weighted by molar-refractivity contribution is 7.53. The number of pyridine rings is 1. The highest BCUT2D eigenvalue weighted by Crippen LogP contribution is 2.34. The van der Waals surface area contributed by atoms with Crippen LogP contribution in [0.2, 0.25) is 0 Å². The van der Waals surface area contributed by atoms with Crippen LogP contribution in [0.15, 0.2) is 59.6 Å². The van der Waals surface area contributed by atoms with Gasteiger partial charge in [-0.05, 0) is 24.9 Å². The minimum atomic E-state index is -0.958. The van der Waals surface area contributed by atoms with Crippen molar-refractivity contribution < 1.29 is 4.74 Å². The van der Waals surface area contributed by atoms with E-state index in [0.29, 0.717) is 31.0 Å². The maximum absolute atomic E-state index is 9.51. The molecule has 0 bridgehead atoms. The highest BCUT2D eigenvalue weighted by atomic mass is 31.1. The van der Waals surface area contributed by atoms with Crippen molar-refractivity contribution in [1.29, 1.82) is 5.26 Å². The molecule has 1 unspecified atom stereocenters. The first-order valence-corrected chi connectivity index (χ1v) is 10.1. The highest BCUT2D eigenvalue weighted by Gasteiger charge is 2.16. The standard InChI is InChI=1S/C20H19N6OP/c1-2-28-13-7-3-5-10-22-16-26(28)19-17(14-21)15-24-20(25-19)27-12-9-18-8-4-6-11-23-18/h3-8,11,13,15-16H,9-10,12H2,1H3/b5-3-,13-7-,22-16?. The van der Waals surface area contributed by atoms with E-state index < -0.39 is 7.53 Å². The summed E-state index contributed by atoms with van der Waals surface area (Å²) >= 11 is 0. The molecule has 7 nitrogen and oxygen atoms in total. The molecule has 0 fully saturated rings. The first-order valence-electron chi connectivity index (χ1n) is 8.70. The third kappa shape index (κ3) is 5.05. The first-order chi connectivity index (χ1) is 13.8. The van der Waals surface area contributed by atoms with E-state index >= 15 is 0 Å². The predicted molar refractivity (Wildman–Crippen MR) is 111 cm³/mol. The van der Waals surface area contributed by atoms with Gasteiger partial charge in [-0.1, -0.05) is 24.3 Å². The molecule has 140 valence electrons. The Kier molecular flexibility index (Phi) is 6.92. The molecule has 0 aromatic carbocycles. The predicted octanol–water partition coefficient (Wildman–Crippen LogP) is 3.66. The minimum Gasteiger partial charge on any atom is -0.463 e. The van der Waals surface area contributed by atoms with Gasteiger partial charge in [-0.25, -0.2) is 4.98 Å². The zero-order valence-electron chi connectivity index (χ0n) is 15.4. The number of nitrogens with zero attached hydrogens (tertiary/aromatic N) is 6. The van der Waals surface area contributed by atoms with Gasteiger partial charge in [0.05, 0.1) is 25.7 Å². The van der Waals surface area contributed by atoms with Gasteiger partial charge in [-0.15, -0.1) is 5.63 Å². The van der Waals surface area contributed by atoms with Crippen LogP contribution in [0.3, 0.4) is 0 Å². The number of hydrogen-bond donors (Lipinski definition) is 0. The Balaban J connectivity index is 1.84. The SMILES string of the molecule is CC#P1/C=C\C=C/CN=CN1c1nc(OCCc2ccccn2)ncc1C#N. The van der Waals surface area contributed by atoms with Crippen molar-refractivity contribution in [3.05, 3.63) is 65.9 Å². The van der Waals surface area contributed by atoms with Crippen LogP contribution in [0.5, 0.6) is 6.01 Å². The number of rotatable bonds is 5. The normalized spacial score (nSPS) is 16.9. The summed E-state index contributed by atoms with van der Waals surface area (Å²) in [7, 11) is -0.958. The Bertz CT molecular complexity index is 1030. The van der Waals surface area contributed by atoms with E-state index in [1.165, 1.54) is 6.20 Å². The second-order valence-corrected chi connectivity index (χ2v) is 7.45. The molecule has 0 N–H and O–H groups in total.